The number of aryl methyl sites for hydroxylation is 2. The quantitative estimate of drug-likeness (QED) is 0.416. The van der Waals surface area contributed by atoms with Crippen molar-refractivity contribution >= 4 is 21.6 Å². The largest absolute Gasteiger partial charge is 0.294 e. The van der Waals surface area contributed by atoms with E-state index in [1.165, 1.54) is 28.0 Å². The summed E-state index contributed by atoms with van der Waals surface area (Å²) in [6, 6.07) is 14.9. The second kappa shape index (κ2) is 7.27. The number of nitrogens with zero attached hydrogens (tertiary/aromatic N) is 2. The molecule has 2 heterocycles. The molecule has 0 saturated carbocycles. The van der Waals surface area contributed by atoms with Crippen molar-refractivity contribution in [2.24, 2.45) is 0 Å². The second-order valence-corrected chi connectivity index (χ2v) is 9.63. The van der Waals surface area contributed by atoms with Crippen LogP contribution in [0.1, 0.15) is 43.0 Å². The third-order valence-electron chi connectivity index (χ3n) is 5.41. The van der Waals surface area contributed by atoms with Crippen LogP contribution in [0.4, 0.5) is 0 Å². The predicted octanol–water partition coefficient (Wildman–Crippen LogP) is 6.09. The zero-order chi connectivity index (χ0) is 20.8. The molecule has 0 fully saturated rings. The molecule has 0 N–H and O–H groups in total. The van der Waals surface area contributed by atoms with Crippen LogP contribution in [0.15, 0.2) is 59.0 Å². The maximum Gasteiger partial charge on any atom is 0.263 e. The Morgan fingerprint density at radius 3 is 2.38 bits per heavy atom. The van der Waals surface area contributed by atoms with Crippen LogP contribution in [-0.2, 0) is 12.0 Å². The normalized spacial score (nSPS) is 11.9. The molecule has 4 rings (SSSR count). The highest BCUT2D eigenvalue weighted by Crippen LogP contribution is 2.33. The Morgan fingerprint density at radius 1 is 1.00 bits per heavy atom. The average Bonchev–Trinajstić information content (AvgIpc) is 3.08. The minimum atomic E-state index is 0.0196. The molecule has 0 bridgehead atoms. The molecule has 2 aromatic heterocycles. The van der Waals surface area contributed by atoms with Crippen LogP contribution in [0, 0.1) is 13.8 Å². The fourth-order valence-electron chi connectivity index (χ4n) is 3.70. The molecule has 0 aliphatic heterocycles. The van der Waals surface area contributed by atoms with Crippen molar-refractivity contribution < 1.29 is 0 Å². The maximum atomic E-state index is 13.3. The van der Waals surface area contributed by atoms with Gasteiger partial charge in [0.2, 0.25) is 0 Å². The summed E-state index contributed by atoms with van der Waals surface area (Å²) in [5.41, 5.74) is 7.02. The predicted molar refractivity (Wildman–Crippen MR) is 123 cm³/mol. The lowest BCUT2D eigenvalue weighted by atomic mass is 9.87. The van der Waals surface area contributed by atoms with E-state index in [2.05, 4.69) is 87.4 Å². The van der Waals surface area contributed by atoms with Crippen molar-refractivity contribution in [3.63, 3.8) is 0 Å². The van der Waals surface area contributed by atoms with E-state index >= 15 is 0 Å². The van der Waals surface area contributed by atoms with Gasteiger partial charge < -0.3 is 0 Å². The highest BCUT2D eigenvalue weighted by molar-refractivity contribution is 7.17. The van der Waals surface area contributed by atoms with Crippen LogP contribution >= 0.6 is 11.3 Å². The van der Waals surface area contributed by atoms with E-state index in [1.807, 2.05) is 0 Å². The van der Waals surface area contributed by atoms with Crippen LogP contribution in [0.25, 0.3) is 21.3 Å². The van der Waals surface area contributed by atoms with E-state index in [-0.39, 0.29) is 11.0 Å². The highest BCUT2D eigenvalue weighted by Gasteiger charge is 2.16. The van der Waals surface area contributed by atoms with Gasteiger partial charge in [0.05, 0.1) is 18.3 Å². The Labute approximate surface area is 175 Å². The molecule has 4 heteroatoms. The first-order valence-electron chi connectivity index (χ1n) is 9.88. The topological polar surface area (TPSA) is 34.9 Å². The molecule has 0 amide bonds. The second-order valence-electron chi connectivity index (χ2n) is 8.77. The Bertz CT molecular complexity index is 1240. The van der Waals surface area contributed by atoms with Crippen molar-refractivity contribution in [1.29, 1.82) is 0 Å². The summed E-state index contributed by atoms with van der Waals surface area (Å²) in [6.45, 7) is 11.3. The van der Waals surface area contributed by atoms with Gasteiger partial charge in [0, 0.05) is 10.9 Å². The van der Waals surface area contributed by atoms with Gasteiger partial charge in [-0.15, -0.1) is 11.3 Å². The minimum Gasteiger partial charge on any atom is -0.294 e. The summed E-state index contributed by atoms with van der Waals surface area (Å²) < 4.78 is 1.72. The highest BCUT2D eigenvalue weighted by atomic mass is 32.1. The number of fused-ring (bicyclic) bond motifs is 1. The first-order valence-corrected chi connectivity index (χ1v) is 10.8. The standard InChI is InChI=1S/C25H26N2OS/c1-16-6-11-20(17(2)12-16)21-14-29-23-22(21)24(28)27(15-26-23)13-18-7-9-19(10-8-18)25(3,4)5/h6-12,14-15H,13H2,1-5H3. The van der Waals surface area contributed by atoms with Gasteiger partial charge >= 0.3 is 0 Å². The van der Waals surface area contributed by atoms with Crippen LogP contribution in [0.5, 0.6) is 0 Å². The molecule has 0 aliphatic carbocycles. The van der Waals surface area contributed by atoms with Crippen LogP contribution < -0.4 is 5.56 Å². The molecule has 4 aromatic rings. The summed E-state index contributed by atoms with van der Waals surface area (Å²) in [5.74, 6) is 0. The van der Waals surface area contributed by atoms with Crippen molar-refractivity contribution in [2.75, 3.05) is 0 Å². The van der Waals surface area contributed by atoms with E-state index < -0.39 is 0 Å². The number of rotatable bonds is 3. The molecular weight excluding hydrogens is 376 g/mol. The first kappa shape index (κ1) is 19.6. The molecule has 0 unspecified atom stereocenters. The molecule has 29 heavy (non-hydrogen) atoms. The fraction of sp³-hybridized carbons (Fsp3) is 0.280. The van der Waals surface area contributed by atoms with Crippen molar-refractivity contribution in [3.8, 4) is 11.1 Å². The molecule has 0 spiro atoms. The lowest BCUT2D eigenvalue weighted by Crippen LogP contribution is -2.21. The van der Waals surface area contributed by atoms with Gasteiger partial charge in [-0.05, 0) is 41.5 Å². The molecule has 0 radical (unpaired) electrons. The molecular formula is C25H26N2OS. The smallest absolute Gasteiger partial charge is 0.263 e. The van der Waals surface area contributed by atoms with Gasteiger partial charge in [-0.2, -0.15) is 0 Å². The number of benzene rings is 2. The van der Waals surface area contributed by atoms with Crippen LogP contribution in [0.2, 0.25) is 0 Å². The van der Waals surface area contributed by atoms with E-state index in [0.717, 1.165) is 26.9 Å². The zero-order valence-electron chi connectivity index (χ0n) is 17.6. The third kappa shape index (κ3) is 3.77. The monoisotopic (exact) mass is 402 g/mol. The lowest BCUT2D eigenvalue weighted by Gasteiger charge is -2.19. The van der Waals surface area contributed by atoms with E-state index in [9.17, 15) is 4.79 Å². The summed E-state index contributed by atoms with van der Waals surface area (Å²) >= 11 is 1.53. The Morgan fingerprint density at radius 2 is 1.72 bits per heavy atom. The van der Waals surface area contributed by atoms with Gasteiger partial charge in [-0.1, -0.05) is 68.8 Å². The number of hydrogen-bond donors (Lipinski definition) is 0. The molecule has 0 saturated heterocycles. The molecule has 0 atom stereocenters. The average molecular weight is 403 g/mol. The SMILES string of the molecule is Cc1ccc(-c2csc3ncn(Cc4ccc(C(C)(C)C)cc4)c(=O)c23)c(C)c1. The fourth-order valence-corrected chi connectivity index (χ4v) is 4.60. The lowest BCUT2D eigenvalue weighted by molar-refractivity contribution is 0.589. The zero-order valence-corrected chi connectivity index (χ0v) is 18.4. The molecule has 148 valence electrons. The van der Waals surface area contributed by atoms with Crippen molar-refractivity contribution in [2.45, 2.75) is 46.6 Å². The van der Waals surface area contributed by atoms with Crippen LogP contribution in [0.3, 0.4) is 0 Å². The van der Waals surface area contributed by atoms with Gasteiger partial charge in [0.25, 0.3) is 5.56 Å². The summed E-state index contributed by atoms with van der Waals surface area (Å²) in [7, 11) is 0. The van der Waals surface area contributed by atoms with Gasteiger partial charge in [0.1, 0.15) is 4.83 Å². The summed E-state index contributed by atoms with van der Waals surface area (Å²) in [4.78, 5) is 18.7. The Hall–Kier alpha value is -2.72. The van der Waals surface area contributed by atoms with E-state index in [0.29, 0.717) is 6.54 Å². The van der Waals surface area contributed by atoms with E-state index in [4.69, 9.17) is 0 Å². The number of thiophene rings is 1. The van der Waals surface area contributed by atoms with E-state index in [1.54, 1.807) is 10.9 Å². The summed E-state index contributed by atoms with van der Waals surface area (Å²) in [5, 5.41) is 2.77. The molecule has 0 aliphatic rings. The third-order valence-corrected chi connectivity index (χ3v) is 6.29. The van der Waals surface area contributed by atoms with Gasteiger partial charge in [-0.25, -0.2) is 4.98 Å². The Kier molecular flexibility index (Phi) is 4.91. The summed E-state index contributed by atoms with van der Waals surface area (Å²) in [6.07, 6.45) is 1.67. The Balaban J connectivity index is 1.75. The van der Waals surface area contributed by atoms with Crippen molar-refractivity contribution in [1.82, 2.24) is 9.55 Å². The minimum absolute atomic E-state index is 0.0196. The van der Waals surface area contributed by atoms with Crippen molar-refractivity contribution in [3.05, 3.63) is 86.8 Å². The maximum absolute atomic E-state index is 13.3. The number of hydrogen-bond acceptors (Lipinski definition) is 3. The first-order chi connectivity index (χ1) is 13.7. The van der Waals surface area contributed by atoms with Gasteiger partial charge in [-0.3, -0.25) is 9.36 Å². The van der Waals surface area contributed by atoms with Gasteiger partial charge in [0.15, 0.2) is 0 Å². The molecule has 2 aromatic carbocycles. The van der Waals surface area contributed by atoms with Crippen LogP contribution in [-0.4, -0.2) is 9.55 Å². The molecule has 3 nitrogen and oxygen atoms in total. The number of aromatic nitrogens is 2.